The second-order valence-electron chi connectivity index (χ2n) is 4.54. The van der Waals surface area contributed by atoms with Gasteiger partial charge in [-0.3, -0.25) is 4.79 Å². The van der Waals surface area contributed by atoms with E-state index >= 15 is 0 Å². The summed E-state index contributed by atoms with van der Waals surface area (Å²) in [5.74, 6) is 0.675. The van der Waals surface area contributed by atoms with Gasteiger partial charge in [-0.15, -0.1) is 0 Å². The lowest BCUT2D eigenvalue weighted by Crippen LogP contribution is -2.42. The first-order valence-electron chi connectivity index (χ1n) is 5.93. The zero-order valence-corrected chi connectivity index (χ0v) is 11.5. The fraction of sp³-hybridized carbons (Fsp3) is 0.462. The van der Waals surface area contributed by atoms with E-state index in [0.29, 0.717) is 12.3 Å². The van der Waals surface area contributed by atoms with Gasteiger partial charge < -0.3 is 10.2 Å². The van der Waals surface area contributed by atoms with Crippen LogP contribution in [0.3, 0.4) is 0 Å². The Balaban J connectivity index is 2.20. The zero-order valence-electron chi connectivity index (χ0n) is 9.95. The van der Waals surface area contributed by atoms with Crippen LogP contribution >= 0.6 is 15.9 Å². The second-order valence-corrected chi connectivity index (χ2v) is 5.46. The first-order valence-corrected chi connectivity index (χ1v) is 6.73. The van der Waals surface area contributed by atoms with Crippen molar-refractivity contribution in [2.45, 2.75) is 13.3 Å². The van der Waals surface area contributed by atoms with E-state index in [0.717, 1.165) is 29.8 Å². The predicted molar refractivity (Wildman–Crippen MR) is 73.1 cm³/mol. The van der Waals surface area contributed by atoms with Gasteiger partial charge in [0.2, 0.25) is 5.91 Å². The monoisotopic (exact) mass is 296 g/mol. The van der Waals surface area contributed by atoms with Crippen molar-refractivity contribution in [1.29, 1.82) is 0 Å². The topological polar surface area (TPSA) is 32.3 Å². The molecule has 1 N–H and O–H groups in total. The van der Waals surface area contributed by atoms with Crippen LogP contribution in [0.25, 0.3) is 0 Å². The molecule has 2 rings (SSSR count). The van der Waals surface area contributed by atoms with E-state index in [4.69, 9.17) is 0 Å². The number of nitrogens with zero attached hydrogens (tertiary/aromatic N) is 1. The van der Waals surface area contributed by atoms with Gasteiger partial charge in [-0.25, -0.2) is 0 Å². The van der Waals surface area contributed by atoms with Crippen molar-refractivity contribution in [2.75, 3.05) is 24.5 Å². The number of hydrogen-bond acceptors (Lipinski definition) is 2. The van der Waals surface area contributed by atoms with Crippen LogP contribution in [0, 0.1) is 5.92 Å². The molecule has 1 heterocycles. The van der Waals surface area contributed by atoms with Gasteiger partial charge in [0.15, 0.2) is 0 Å². The molecule has 3 nitrogen and oxygen atoms in total. The summed E-state index contributed by atoms with van der Waals surface area (Å²) < 4.78 is 1.04. The number of anilines is 1. The molecule has 0 spiro atoms. The lowest BCUT2D eigenvalue weighted by Gasteiger charge is -2.28. The van der Waals surface area contributed by atoms with Crippen LogP contribution in [-0.2, 0) is 4.79 Å². The van der Waals surface area contributed by atoms with E-state index < -0.39 is 0 Å². The largest absolute Gasteiger partial charge is 0.316 e. The van der Waals surface area contributed by atoms with Gasteiger partial charge in [0.1, 0.15) is 0 Å². The molecular weight excluding hydrogens is 280 g/mol. The van der Waals surface area contributed by atoms with Crippen LogP contribution in [0.1, 0.15) is 13.3 Å². The number of benzene rings is 1. The number of carbonyl (C=O) groups excluding carboxylic acids is 1. The maximum atomic E-state index is 12.1. The Bertz CT molecular complexity index is 391. The SMILES string of the molecule is CC1CNCCC(=O)N(c2ccc(Br)cc2)C1. The van der Waals surface area contributed by atoms with Gasteiger partial charge in [-0.2, -0.15) is 0 Å². The number of halogens is 1. The van der Waals surface area contributed by atoms with Crippen LogP contribution in [0.5, 0.6) is 0 Å². The Morgan fingerprint density at radius 3 is 2.76 bits per heavy atom. The molecule has 1 aromatic carbocycles. The number of carbonyl (C=O) groups is 1. The van der Waals surface area contributed by atoms with Gasteiger partial charge in [0, 0.05) is 29.7 Å². The molecule has 1 fully saturated rings. The molecule has 1 unspecified atom stereocenters. The third kappa shape index (κ3) is 3.30. The quantitative estimate of drug-likeness (QED) is 0.863. The molecule has 0 aromatic heterocycles. The second kappa shape index (κ2) is 5.65. The Morgan fingerprint density at radius 1 is 1.35 bits per heavy atom. The first kappa shape index (κ1) is 12.6. The van der Waals surface area contributed by atoms with Crippen molar-refractivity contribution >= 4 is 27.5 Å². The van der Waals surface area contributed by atoms with E-state index in [9.17, 15) is 4.79 Å². The van der Waals surface area contributed by atoms with Crippen LogP contribution in [0.4, 0.5) is 5.69 Å². The molecule has 92 valence electrons. The van der Waals surface area contributed by atoms with Crippen molar-refractivity contribution in [3.63, 3.8) is 0 Å². The van der Waals surface area contributed by atoms with Gasteiger partial charge in [0.05, 0.1) is 0 Å². The smallest absolute Gasteiger partial charge is 0.228 e. The van der Waals surface area contributed by atoms with E-state index in [-0.39, 0.29) is 5.91 Å². The van der Waals surface area contributed by atoms with E-state index in [1.165, 1.54) is 0 Å². The summed E-state index contributed by atoms with van der Waals surface area (Å²) >= 11 is 3.41. The van der Waals surface area contributed by atoms with E-state index in [1.807, 2.05) is 29.2 Å². The van der Waals surface area contributed by atoms with Crippen molar-refractivity contribution in [1.82, 2.24) is 5.32 Å². The van der Waals surface area contributed by atoms with Gasteiger partial charge in [-0.1, -0.05) is 22.9 Å². The predicted octanol–water partition coefficient (Wildman–Crippen LogP) is 2.41. The van der Waals surface area contributed by atoms with Crippen molar-refractivity contribution in [3.8, 4) is 0 Å². The Morgan fingerprint density at radius 2 is 2.06 bits per heavy atom. The Hall–Kier alpha value is -0.870. The number of rotatable bonds is 1. The minimum atomic E-state index is 0.200. The molecule has 4 heteroatoms. The summed E-state index contributed by atoms with van der Waals surface area (Å²) in [6.07, 6.45) is 0.572. The summed E-state index contributed by atoms with van der Waals surface area (Å²) in [4.78, 5) is 14.0. The Kier molecular flexibility index (Phi) is 4.18. The fourth-order valence-corrected chi connectivity index (χ4v) is 2.29. The highest BCUT2D eigenvalue weighted by molar-refractivity contribution is 9.10. The number of amides is 1. The molecule has 0 saturated carbocycles. The molecule has 1 aromatic rings. The summed E-state index contributed by atoms with van der Waals surface area (Å²) in [7, 11) is 0. The normalized spacial score (nSPS) is 22.1. The first-order chi connectivity index (χ1) is 8.16. The molecule has 0 radical (unpaired) electrons. The number of nitrogens with one attached hydrogen (secondary N) is 1. The summed E-state index contributed by atoms with van der Waals surface area (Å²) in [5.41, 5.74) is 0.993. The molecule has 1 saturated heterocycles. The average Bonchev–Trinajstić information content (AvgIpc) is 2.31. The molecule has 1 aliphatic rings. The van der Waals surface area contributed by atoms with Crippen LogP contribution in [0.15, 0.2) is 28.7 Å². The lowest BCUT2D eigenvalue weighted by molar-refractivity contribution is -0.118. The van der Waals surface area contributed by atoms with E-state index in [1.54, 1.807) is 0 Å². The summed E-state index contributed by atoms with van der Waals surface area (Å²) in [6.45, 7) is 4.70. The summed E-state index contributed by atoms with van der Waals surface area (Å²) in [5, 5.41) is 3.29. The highest BCUT2D eigenvalue weighted by atomic mass is 79.9. The minimum absolute atomic E-state index is 0.200. The molecule has 0 aliphatic carbocycles. The maximum absolute atomic E-state index is 12.1. The third-order valence-corrected chi connectivity index (χ3v) is 3.47. The van der Waals surface area contributed by atoms with Gasteiger partial charge in [0.25, 0.3) is 0 Å². The minimum Gasteiger partial charge on any atom is -0.316 e. The third-order valence-electron chi connectivity index (χ3n) is 2.94. The molecule has 17 heavy (non-hydrogen) atoms. The Labute approximate surface area is 110 Å². The highest BCUT2D eigenvalue weighted by Gasteiger charge is 2.20. The van der Waals surface area contributed by atoms with Crippen molar-refractivity contribution < 1.29 is 4.79 Å². The van der Waals surface area contributed by atoms with Gasteiger partial charge >= 0.3 is 0 Å². The van der Waals surface area contributed by atoms with Crippen molar-refractivity contribution in [3.05, 3.63) is 28.7 Å². The lowest BCUT2D eigenvalue weighted by atomic mass is 10.1. The van der Waals surface area contributed by atoms with Crippen LogP contribution < -0.4 is 10.2 Å². The summed E-state index contributed by atoms with van der Waals surface area (Å²) in [6, 6.07) is 7.93. The van der Waals surface area contributed by atoms with Gasteiger partial charge in [-0.05, 0) is 36.7 Å². The fourth-order valence-electron chi connectivity index (χ4n) is 2.03. The maximum Gasteiger partial charge on any atom is 0.228 e. The van der Waals surface area contributed by atoms with Crippen molar-refractivity contribution in [2.24, 2.45) is 5.92 Å². The van der Waals surface area contributed by atoms with Crippen LogP contribution in [-0.4, -0.2) is 25.5 Å². The molecular formula is C13H17BrN2O. The molecule has 1 amide bonds. The number of hydrogen-bond donors (Lipinski definition) is 1. The van der Waals surface area contributed by atoms with Crippen LogP contribution in [0.2, 0.25) is 0 Å². The van der Waals surface area contributed by atoms with E-state index in [2.05, 4.69) is 28.2 Å². The zero-order chi connectivity index (χ0) is 12.3. The average molecular weight is 297 g/mol. The standard InChI is InChI=1S/C13H17BrN2O/c1-10-8-15-7-6-13(17)16(9-10)12-4-2-11(14)3-5-12/h2-5,10,15H,6-9H2,1H3. The molecule has 1 atom stereocenters. The highest BCUT2D eigenvalue weighted by Crippen LogP contribution is 2.20. The molecule has 1 aliphatic heterocycles. The molecule has 0 bridgehead atoms.